The third-order valence-corrected chi connectivity index (χ3v) is 7.62. The lowest BCUT2D eigenvalue weighted by Gasteiger charge is -2.06. The fourth-order valence-electron chi connectivity index (χ4n) is 3.86. The standard InChI is InChI=1S/C26H45BrO3S/c1-2-3-4-5-6-7-8-9-10-11-12-13-14-15-16-17-18-19-23-30-31(28,29)26-22-20-21-25(27)24-26/h20-22,24H,2-19,23H2,1H3. The molecular weight excluding hydrogens is 472 g/mol. The van der Waals surface area contributed by atoms with E-state index in [4.69, 9.17) is 4.18 Å². The third kappa shape index (κ3) is 16.0. The zero-order valence-corrected chi connectivity index (χ0v) is 22.2. The van der Waals surface area contributed by atoms with Gasteiger partial charge in [0.15, 0.2) is 0 Å². The molecule has 180 valence electrons. The number of benzene rings is 1. The highest BCUT2D eigenvalue weighted by Crippen LogP contribution is 2.19. The van der Waals surface area contributed by atoms with E-state index in [1.54, 1.807) is 24.3 Å². The summed E-state index contributed by atoms with van der Waals surface area (Å²) >= 11 is 3.29. The Hall–Kier alpha value is -0.390. The van der Waals surface area contributed by atoms with E-state index < -0.39 is 10.1 Å². The number of hydrogen-bond donors (Lipinski definition) is 0. The van der Waals surface area contributed by atoms with Gasteiger partial charge in [0, 0.05) is 4.47 Å². The monoisotopic (exact) mass is 516 g/mol. The molecule has 0 heterocycles. The van der Waals surface area contributed by atoms with Crippen LogP contribution in [0.2, 0.25) is 0 Å². The van der Waals surface area contributed by atoms with Crippen molar-refractivity contribution in [2.24, 2.45) is 0 Å². The summed E-state index contributed by atoms with van der Waals surface area (Å²) in [7, 11) is -3.64. The van der Waals surface area contributed by atoms with Crippen molar-refractivity contribution in [2.45, 2.75) is 127 Å². The van der Waals surface area contributed by atoms with Crippen molar-refractivity contribution in [3.63, 3.8) is 0 Å². The molecule has 0 amide bonds. The second kappa shape index (κ2) is 19.1. The average molecular weight is 518 g/mol. The minimum atomic E-state index is -3.64. The van der Waals surface area contributed by atoms with Gasteiger partial charge in [0.25, 0.3) is 10.1 Å². The van der Waals surface area contributed by atoms with Gasteiger partial charge in [0.05, 0.1) is 11.5 Å². The molecule has 0 aliphatic heterocycles. The normalized spacial score (nSPS) is 11.8. The maximum Gasteiger partial charge on any atom is 0.297 e. The maximum atomic E-state index is 12.1. The molecule has 0 spiro atoms. The molecule has 5 heteroatoms. The molecule has 0 saturated heterocycles. The van der Waals surface area contributed by atoms with Gasteiger partial charge in [-0.2, -0.15) is 8.42 Å². The Balaban J connectivity index is 1.83. The largest absolute Gasteiger partial charge is 0.297 e. The summed E-state index contributed by atoms with van der Waals surface area (Å²) in [6.45, 7) is 2.55. The third-order valence-electron chi connectivity index (χ3n) is 5.82. The van der Waals surface area contributed by atoms with E-state index in [1.165, 1.54) is 103 Å². The Morgan fingerprint density at radius 2 is 1.10 bits per heavy atom. The van der Waals surface area contributed by atoms with Gasteiger partial charge in [-0.3, -0.25) is 4.18 Å². The van der Waals surface area contributed by atoms with Crippen LogP contribution >= 0.6 is 15.9 Å². The maximum absolute atomic E-state index is 12.1. The number of rotatable bonds is 21. The van der Waals surface area contributed by atoms with Gasteiger partial charge in [-0.25, -0.2) is 0 Å². The number of hydrogen-bond acceptors (Lipinski definition) is 3. The van der Waals surface area contributed by atoms with E-state index in [2.05, 4.69) is 22.9 Å². The first-order chi connectivity index (χ1) is 15.1. The topological polar surface area (TPSA) is 43.4 Å². The van der Waals surface area contributed by atoms with Crippen LogP contribution in [0.4, 0.5) is 0 Å². The molecule has 31 heavy (non-hydrogen) atoms. The Morgan fingerprint density at radius 1 is 0.677 bits per heavy atom. The molecular formula is C26H45BrO3S. The van der Waals surface area contributed by atoms with Gasteiger partial charge >= 0.3 is 0 Å². The Kier molecular flexibility index (Phi) is 17.7. The van der Waals surface area contributed by atoms with Crippen molar-refractivity contribution in [3.05, 3.63) is 28.7 Å². The smallest absolute Gasteiger partial charge is 0.266 e. The second-order valence-corrected chi connectivity index (χ2v) is 11.3. The van der Waals surface area contributed by atoms with Crippen LogP contribution in [0.15, 0.2) is 33.6 Å². The molecule has 0 aliphatic rings. The highest BCUT2D eigenvalue weighted by atomic mass is 79.9. The molecule has 0 saturated carbocycles. The van der Waals surface area contributed by atoms with Gasteiger partial charge in [-0.15, -0.1) is 0 Å². The second-order valence-electron chi connectivity index (χ2n) is 8.74. The lowest BCUT2D eigenvalue weighted by Crippen LogP contribution is -2.07. The summed E-state index contributed by atoms with van der Waals surface area (Å²) in [5.74, 6) is 0. The summed E-state index contributed by atoms with van der Waals surface area (Å²) < 4.78 is 30.1. The molecule has 0 unspecified atom stereocenters. The van der Waals surface area contributed by atoms with E-state index in [0.717, 1.165) is 17.3 Å². The Morgan fingerprint density at radius 3 is 1.52 bits per heavy atom. The van der Waals surface area contributed by atoms with Crippen molar-refractivity contribution in [1.29, 1.82) is 0 Å². The molecule has 0 N–H and O–H groups in total. The van der Waals surface area contributed by atoms with Crippen LogP contribution < -0.4 is 0 Å². The van der Waals surface area contributed by atoms with Crippen LogP contribution in [0.25, 0.3) is 0 Å². The SMILES string of the molecule is CCCCCCCCCCCCCCCCCCCCOS(=O)(=O)c1cccc(Br)c1. The summed E-state index contributed by atoms with van der Waals surface area (Å²) in [5.41, 5.74) is 0. The summed E-state index contributed by atoms with van der Waals surface area (Å²) in [6, 6.07) is 6.65. The molecule has 0 bridgehead atoms. The van der Waals surface area contributed by atoms with Gasteiger partial charge in [0.1, 0.15) is 0 Å². The predicted octanol–water partition coefficient (Wildman–Crippen LogP) is 9.20. The quantitative estimate of drug-likeness (QED) is 0.121. The van der Waals surface area contributed by atoms with E-state index in [9.17, 15) is 8.42 Å². The van der Waals surface area contributed by atoms with Gasteiger partial charge in [-0.1, -0.05) is 138 Å². The summed E-state index contributed by atoms with van der Waals surface area (Å²) in [5, 5.41) is 0. The summed E-state index contributed by atoms with van der Waals surface area (Å²) in [6.07, 6.45) is 23.8. The molecule has 1 aromatic carbocycles. The molecule has 0 aromatic heterocycles. The molecule has 0 fully saturated rings. The first-order valence-corrected chi connectivity index (χ1v) is 14.9. The first-order valence-electron chi connectivity index (χ1n) is 12.7. The van der Waals surface area contributed by atoms with Crippen LogP contribution in [0.3, 0.4) is 0 Å². The number of unbranched alkanes of at least 4 members (excludes halogenated alkanes) is 17. The number of halogens is 1. The summed E-state index contributed by atoms with van der Waals surface area (Å²) in [4.78, 5) is 0.212. The van der Waals surface area contributed by atoms with E-state index in [0.29, 0.717) is 0 Å². The van der Waals surface area contributed by atoms with Crippen LogP contribution in [-0.4, -0.2) is 15.0 Å². The predicted molar refractivity (Wildman–Crippen MR) is 136 cm³/mol. The van der Waals surface area contributed by atoms with Crippen molar-refractivity contribution < 1.29 is 12.6 Å². The van der Waals surface area contributed by atoms with Crippen LogP contribution in [0.1, 0.15) is 122 Å². The van der Waals surface area contributed by atoms with E-state index >= 15 is 0 Å². The minimum Gasteiger partial charge on any atom is -0.266 e. The van der Waals surface area contributed by atoms with Crippen molar-refractivity contribution in [3.8, 4) is 0 Å². The van der Waals surface area contributed by atoms with Crippen molar-refractivity contribution >= 4 is 26.0 Å². The fourth-order valence-corrected chi connectivity index (χ4v) is 5.40. The highest BCUT2D eigenvalue weighted by Gasteiger charge is 2.14. The lowest BCUT2D eigenvalue weighted by molar-refractivity contribution is 0.306. The van der Waals surface area contributed by atoms with Crippen LogP contribution in [-0.2, 0) is 14.3 Å². The first kappa shape index (κ1) is 28.6. The molecule has 3 nitrogen and oxygen atoms in total. The molecule has 1 aromatic rings. The van der Waals surface area contributed by atoms with Crippen LogP contribution in [0, 0.1) is 0 Å². The average Bonchev–Trinajstić information content (AvgIpc) is 2.75. The fraction of sp³-hybridized carbons (Fsp3) is 0.769. The van der Waals surface area contributed by atoms with E-state index in [-0.39, 0.29) is 11.5 Å². The molecule has 0 atom stereocenters. The van der Waals surface area contributed by atoms with Gasteiger partial charge in [-0.05, 0) is 24.6 Å². The van der Waals surface area contributed by atoms with E-state index in [1.807, 2.05) is 0 Å². The van der Waals surface area contributed by atoms with Crippen molar-refractivity contribution in [2.75, 3.05) is 6.61 Å². The molecule has 0 aliphatic carbocycles. The highest BCUT2D eigenvalue weighted by molar-refractivity contribution is 9.10. The zero-order valence-electron chi connectivity index (χ0n) is 19.8. The Labute approximate surface area is 201 Å². The Bertz CT molecular complexity index is 646. The van der Waals surface area contributed by atoms with Gasteiger partial charge < -0.3 is 0 Å². The van der Waals surface area contributed by atoms with Crippen molar-refractivity contribution in [1.82, 2.24) is 0 Å². The minimum absolute atomic E-state index is 0.212. The lowest BCUT2D eigenvalue weighted by atomic mass is 10.0. The zero-order chi connectivity index (χ0) is 22.6. The molecule has 0 radical (unpaired) electrons. The van der Waals surface area contributed by atoms with Crippen LogP contribution in [0.5, 0.6) is 0 Å². The molecule has 1 rings (SSSR count). The van der Waals surface area contributed by atoms with Gasteiger partial charge in [0.2, 0.25) is 0 Å².